The molecule has 0 saturated carbocycles. The molecule has 1 heterocycles. The smallest absolute Gasteiger partial charge is 0.287 e. The third-order valence-electron chi connectivity index (χ3n) is 3.19. The van der Waals surface area contributed by atoms with Gasteiger partial charge in [-0.05, 0) is 39.8 Å². The van der Waals surface area contributed by atoms with Crippen molar-refractivity contribution in [2.75, 3.05) is 0 Å². The minimum Gasteiger partial charge on any atom is -0.456 e. The largest absolute Gasteiger partial charge is 0.456 e. The van der Waals surface area contributed by atoms with Crippen molar-refractivity contribution in [3.63, 3.8) is 0 Å². The van der Waals surface area contributed by atoms with Crippen LogP contribution in [-0.2, 0) is 6.42 Å². The summed E-state index contributed by atoms with van der Waals surface area (Å²) in [6.45, 7) is 8.82. The molecule has 0 atom stereocenters. The minimum atomic E-state index is -1.01. The molecular weight excluding hydrogens is 218 g/mol. The van der Waals surface area contributed by atoms with Crippen LogP contribution in [0.5, 0.6) is 0 Å². The Hall–Kier alpha value is -1.29. The fourth-order valence-electron chi connectivity index (χ4n) is 1.19. The van der Waals surface area contributed by atoms with Gasteiger partial charge in [-0.2, -0.15) is 0 Å². The first-order valence-electron chi connectivity index (χ1n) is 5.81. The molecule has 0 aliphatic carbocycles. The molecule has 0 aromatic carbocycles. The van der Waals surface area contributed by atoms with Gasteiger partial charge in [-0.3, -0.25) is 4.79 Å². The van der Waals surface area contributed by atoms with E-state index in [-0.39, 0.29) is 11.7 Å². The van der Waals surface area contributed by atoms with E-state index in [1.807, 2.05) is 6.92 Å². The van der Waals surface area contributed by atoms with Crippen molar-refractivity contribution in [2.45, 2.75) is 52.2 Å². The van der Waals surface area contributed by atoms with Gasteiger partial charge in [-0.1, -0.05) is 6.92 Å². The van der Waals surface area contributed by atoms with Crippen molar-refractivity contribution in [2.24, 2.45) is 0 Å². The molecule has 0 aliphatic rings. The van der Waals surface area contributed by atoms with Gasteiger partial charge >= 0.3 is 0 Å². The Morgan fingerprint density at radius 2 is 1.94 bits per heavy atom. The Morgan fingerprint density at radius 1 is 1.35 bits per heavy atom. The summed E-state index contributed by atoms with van der Waals surface area (Å²) in [5.41, 5.74) is -1.74. The molecule has 4 heteroatoms. The average Bonchev–Trinajstić information content (AvgIpc) is 2.63. The van der Waals surface area contributed by atoms with Crippen LogP contribution in [0.25, 0.3) is 0 Å². The van der Waals surface area contributed by atoms with Crippen LogP contribution in [0, 0.1) is 0 Å². The van der Waals surface area contributed by atoms with E-state index in [0.717, 1.165) is 12.2 Å². The summed E-state index contributed by atoms with van der Waals surface area (Å²) in [5.74, 6) is 0.743. The standard InChI is InChI=1S/C13H21NO3/c1-6-9-7-8-10(17-9)11(15)14-12(2,3)13(4,5)16/h7-8,16H,6H2,1-5H3,(H,14,15). The normalized spacial score (nSPS) is 12.6. The number of rotatable bonds is 4. The predicted molar refractivity (Wildman–Crippen MR) is 65.9 cm³/mol. The van der Waals surface area contributed by atoms with Gasteiger partial charge in [0.2, 0.25) is 0 Å². The van der Waals surface area contributed by atoms with Crippen molar-refractivity contribution in [3.05, 3.63) is 23.7 Å². The van der Waals surface area contributed by atoms with Gasteiger partial charge in [0.15, 0.2) is 5.76 Å². The molecule has 0 saturated heterocycles. The second kappa shape index (κ2) is 4.53. The molecule has 96 valence electrons. The molecule has 2 N–H and O–H groups in total. The van der Waals surface area contributed by atoms with E-state index in [0.29, 0.717) is 0 Å². The van der Waals surface area contributed by atoms with Crippen LogP contribution in [0.3, 0.4) is 0 Å². The number of amides is 1. The summed E-state index contributed by atoms with van der Waals surface area (Å²) in [4.78, 5) is 11.9. The lowest BCUT2D eigenvalue weighted by Gasteiger charge is -2.37. The summed E-state index contributed by atoms with van der Waals surface area (Å²) in [7, 11) is 0. The van der Waals surface area contributed by atoms with E-state index in [2.05, 4.69) is 5.32 Å². The topological polar surface area (TPSA) is 62.5 Å². The molecule has 0 fully saturated rings. The lowest BCUT2D eigenvalue weighted by atomic mass is 9.86. The molecule has 0 aliphatic heterocycles. The van der Waals surface area contributed by atoms with Crippen molar-refractivity contribution in [1.29, 1.82) is 0 Å². The van der Waals surface area contributed by atoms with Gasteiger partial charge in [0.25, 0.3) is 5.91 Å². The summed E-state index contributed by atoms with van der Waals surface area (Å²) >= 11 is 0. The quantitative estimate of drug-likeness (QED) is 0.846. The van der Waals surface area contributed by atoms with Crippen molar-refractivity contribution in [3.8, 4) is 0 Å². The first kappa shape index (κ1) is 13.8. The highest BCUT2D eigenvalue weighted by Crippen LogP contribution is 2.21. The van der Waals surface area contributed by atoms with Gasteiger partial charge in [-0.25, -0.2) is 0 Å². The molecule has 1 aromatic rings. The maximum Gasteiger partial charge on any atom is 0.287 e. The van der Waals surface area contributed by atoms with Gasteiger partial charge < -0.3 is 14.8 Å². The van der Waals surface area contributed by atoms with Crippen LogP contribution >= 0.6 is 0 Å². The van der Waals surface area contributed by atoms with Crippen LogP contribution in [0.2, 0.25) is 0 Å². The Morgan fingerprint density at radius 3 is 2.35 bits per heavy atom. The zero-order chi connectivity index (χ0) is 13.3. The van der Waals surface area contributed by atoms with Crippen molar-refractivity contribution in [1.82, 2.24) is 5.32 Å². The van der Waals surface area contributed by atoms with E-state index in [9.17, 15) is 9.90 Å². The summed E-state index contributed by atoms with van der Waals surface area (Å²) < 4.78 is 5.36. The number of nitrogens with one attached hydrogen (secondary N) is 1. The Bertz CT molecular complexity index is 399. The van der Waals surface area contributed by atoms with Gasteiger partial charge in [0.05, 0.1) is 11.1 Å². The Balaban J connectivity index is 2.79. The second-order valence-corrected chi connectivity index (χ2v) is 5.26. The Labute approximate surface area is 102 Å². The fraction of sp³-hybridized carbons (Fsp3) is 0.615. The lowest BCUT2D eigenvalue weighted by molar-refractivity contribution is -0.00343. The number of hydrogen-bond donors (Lipinski definition) is 2. The number of hydrogen-bond acceptors (Lipinski definition) is 3. The molecular formula is C13H21NO3. The van der Waals surface area contributed by atoms with Crippen LogP contribution in [0.4, 0.5) is 0 Å². The first-order chi connectivity index (χ1) is 7.67. The SMILES string of the molecule is CCc1ccc(C(=O)NC(C)(C)C(C)(C)O)o1. The number of carbonyl (C=O) groups excluding carboxylic acids is 1. The maximum atomic E-state index is 11.9. The molecule has 0 spiro atoms. The van der Waals surface area contributed by atoms with E-state index in [1.54, 1.807) is 39.8 Å². The highest BCUT2D eigenvalue weighted by Gasteiger charge is 2.37. The molecule has 1 rings (SSSR count). The van der Waals surface area contributed by atoms with E-state index < -0.39 is 11.1 Å². The van der Waals surface area contributed by atoms with E-state index in [4.69, 9.17) is 4.42 Å². The number of aliphatic hydroxyl groups is 1. The van der Waals surface area contributed by atoms with Crippen LogP contribution in [0.15, 0.2) is 16.5 Å². The summed E-state index contributed by atoms with van der Waals surface area (Å²) in [6.07, 6.45) is 0.752. The monoisotopic (exact) mass is 239 g/mol. The van der Waals surface area contributed by atoms with Crippen LogP contribution in [-0.4, -0.2) is 22.2 Å². The maximum absolute atomic E-state index is 11.9. The third-order valence-corrected chi connectivity index (χ3v) is 3.19. The zero-order valence-corrected chi connectivity index (χ0v) is 11.1. The molecule has 17 heavy (non-hydrogen) atoms. The average molecular weight is 239 g/mol. The lowest BCUT2D eigenvalue weighted by Crippen LogP contribution is -2.57. The van der Waals surface area contributed by atoms with Gasteiger partial charge in [0.1, 0.15) is 5.76 Å². The molecule has 4 nitrogen and oxygen atoms in total. The molecule has 0 bridgehead atoms. The first-order valence-corrected chi connectivity index (χ1v) is 5.81. The van der Waals surface area contributed by atoms with E-state index >= 15 is 0 Å². The second-order valence-electron chi connectivity index (χ2n) is 5.26. The third kappa shape index (κ3) is 3.09. The van der Waals surface area contributed by atoms with E-state index in [1.165, 1.54) is 0 Å². The van der Waals surface area contributed by atoms with Crippen LogP contribution in [0.1, 0.15) is 50.9 Å². The molecule has 0 radical (unpaired) electrons. The summed E-state index contributed by atoms with van der Waals surface area (Å²) in [6, 6.07) is 3.43. The van der Waals surface area contributed by atoms with Gasteiger partial charge in [0, 0.05) is 6.42 Å². The van der Waals surface area contributed by atoms with Crippen LogP contribution < -0.4 is 5.32 Å². The van der Waals surface area contributed by atoms with Crippen molar-refractivity contribution < 1.29 is 14.3 Å². The highest BCUT2D eigenvalue weighted by molar-refractivity contribution is 5.92. The molecule has 1 amide bonds. The predicted octanol–water partition coefficient (Wildman–Crippen LogP) is 2.12. The number of carbonyl (C=O) groups is 1. The molecule has 1 aromatic heterocycles. The van der Waals surface area contributed by atoms with Crippen molar-refractivity contribution >= 4 is 5.91 Å². The highest BCUT2D eigenvalue weighted by atomic mass is 16.4. The Kier molecular flexibility index (Phi) is 3.67. The zero-order valence-electron chi connectivity index (χ0n) is 11.1. The number of aryl methyl sites for hydroxylation is 1. The fourth-order valence-corrected chi connectivity index (χ4v) is 1.19. The minimum absolute atomic E-state index is 0.277. The summed E-state index contributed by atoms with van der Waals surface area (Å²) in [5, 5.41) is 12.7. The molecule has 0 unspecified atom stereocenters. The number of furan rings is 1. The van der Waals surface area contributed by atoms with Gasteiger partial charge in [-0.15, -0.1) is 0 Å².